The Morgan fingerprint density at radius 3 is 2.42 bits per heavy atom. The highest BCUT2D eigenvalue weighted by atomic mass is 15.2. The highest BCUT2D eigenvalue weighted by Gasteiger charge is 2.43. The summed E-state index contributed by atoms with van der Waals surface area (Å²) in [5, 5.41) is 3.32. The molecule has 12 heavy (non-hydrogen) atoms. The molecule has 1 aliphatic heterocycles. The molecule has 1 saturated carbocycles. The van der Waals surface area contributed by atoms with E-state index in [2.05, 4.69) is 17.3 Å². The van der Waals surface area contributed by atoms with E-state index in [0.29, 0.717) is 5.41 Å². The Morgan fingerprint density at radius 2 is 1.92 bits per heavy atom. The first-order chi connectivity index (χ1) is 5.85. The van der Waals surface area contributed by atoms with E-state index in [0.717, 1.165) is 0 Å². The molecular weight excluding hydrogens is 148 g/mol. The fraction of sp³-hybridized carbons (Fsp3) is 1.00. The van der Waals surface area contributed by atoms with Gasteiger partial charge in [0.2, 0.25) is 0 Å². The second kappa shape index (κ2) is 3.35. The van der Waals surface area contributed by atoms with E-state index >= 15 is 0 Å². The van der Waals surface area contributed by atoms with Crippen molar-refractivity contribution in [2.24, 2.45) is 5.41 Å². The Balaban J connectivity index is 1.77. The van der Waals surface area contributed by atoms with Crippen molar-refractivity contribution < 1.29 is 0 Å². The molecular formula is C10H20N2. The topological polar surface area (TPSA) is 15.3 Å². The molecule has 0 atom stereocenters. The summed E-state index contributed by atoms with van der Waals surface area (Å²) in [7, 11) is 2.07. The van der Waals surface area contributed by atoms with Crippen LogP contribution >= 0.6 is 0 Å². The fourth-order valence-electron chi connectivity index (χ4n) is 2.36. The molecule has 2 aliphatic rings. The van der Waals surface area contributed by atoms with Crippen LogP contribution in [-0.2, 0) is 0 Å². The lowest BCUT2D eigenvalue weighted by Crippen LogP contribution is -2.33. The molecule has 1 saturated heterocycles. The van der Waals surface area contributed by atoms with Crippen LogP contribution in [0.5, 0.6) is 0 Å². The zero-order chi connectivity index (χ0) is 8.44. The molecule has 0 aromatic rings. The van der Waals surface area contributed by atoms with Crippen LogP contribution in [0, 0.1) is 5.41 Å². The average Bonchev–Trinajstić information content (AvgIpc) is 2.63. The average molecular weight is 168 g/mol. The Labute approximate surface area is 75.3 Å². The van der Waals surface area contributed by atoms with Crippen molar-refractivity contribution in [3.8, 4) is 0 Å². The fourth-order valence-corrected chi connectivity index (χ4v) is 2.36. The normalized spacial score (nSPS) is 27.8. The molecule has 0 amide bonds. The SMILES string of the molecule is CNCC1(CN2CCCC2)CC1. The van der Waals surface area contributed by atoms with Crippen molar-refractivity contribution in [3.05, 3.63) is 0 Å². The van der Waals surface area contributed by atoms with Crippen LogP contribution in [0.4, 0.5) is 0 Å². The highest BCUT2D eigenvalue weighted by molar-refractivity contribution is 4.97. The number of hydrogen-bond acceptors (Lipinski definition) is 2. The third-order valence-electron chi connectivity index (χ3n) is 3.27. The maximum absolute atomic E-state index is 3.32. The molecule has 2 fully saturated rings. The van der Waals surface area contributed by atoms with Crippen LogP contribution in [0.3, 0.4) is 0 Å². The van der Waals surface area contributed by atoms with Gasteiger partial charge >= 0.3 is 0 Å². The van der Waals surface area contributed by atoms with Crippen molar-refractivity contribution in [3.63, 3.8) is 0 Å². The first kappa shape index (κ1) is 8.52. The number of hydrogen-bond donors (Lipinski definition) is 1. The van der Waals surface area contributed by atoms with Gasteiger partial charge in [-0.15, -0.1) is 0 Å². The Morgan fingerprint density at radius 1 is 1.25 bits per heavy atom. The third-order valence-corrected chi connectivity index (χ3v) is 3.27. The molecule has 2 heteroatoms. The van der Waals surface area contributed by atoms with Gasteiger partial charge in [0.05, 0.1) is 0 Å². The van der Waals surface area contributed by atoms with Gasteiger partial charge in [0.15, 0.2) is 0 Å². The molecule has 0 aromatic carbocycles. The summed E-state index contributed by atoms with van der Waals surface area (Å²) in [5.74, 6) is 0. The molecule has 0 spiro atoms. The second-order valence-corrected chi connectivity index (χ2v) is 4.51. The van der Waals surface area contributed by atoms with Gasteiger partial charge in [0.1, 0.15) is 0 Å². The molecule has 1 heterocycles. The third kappa shape index (κ3) is 1.80. The zero-order valence-electron chi connectivity index (χ0n) is 8.10. The molecule has 0 aromatic heterocycles. The van der Waals surface area contributed by atoms with E-state index in [4.69, 9.17) is 0 Å². The largest absolute Gasteiger partial charge is 0.319 e. The van der Waals surface area contributed by atoms with E-state index < -0.39 is 0 Å². The van der Waals surface area contributed by atoms with Gasteiger partial charge in [-0.05, 0) is 51.2 Å². The lowest BCUT2D eigenvalue weighted by molar-refractivity contribution is 0.260. The van der Waals surface area contributed by atoms with Gasteiger partial charge in [-0.2, -0.15) is 0 Å². The predicted molar refractivity (Wildman–Crippen MR) is 51.3 cm³/mol. The van der Waals surface area contributed by atoms with E-state index in [1.165, 1.54) is 51.9 Å². The van der Waals surface area contributed by atoms with Crippen LogP contribution in [-0.4, -0.2) is 38.1 Å². The lowest BCUT2D eigenvalue weighted by atomic mass is 10.1. The Bertz CT molecular complexity index is 146. The Hall–Kier alpha value is -0.0800. The first-order valence-electron chi connectivity index (χ1n) is 5.22. The monoisotopic (exact) mass is 168 g/mol. The van der Waals surface area contributed by atoms with Crippen LogP contribution < -0.4 is 5.32 Å². The summed E-state index contributed by atoms with van der Waals surface area (Å²) in [5.41, 5.74) is 0.680. The minimum atomic E-state index is 0.680. The van der Waals surface area contributed by atoms with Crippen LogP contribution in [0.2, 0.25) is 0 Å². The molecule has 0 bridgehead atoms. The van der Waals surface area contributed by atoms with E-state index in [-0.39, 0.29) is 0 Å². The number of rotatable bonds is 4. The molecule has 2 rings (SSSR count). The van der Waals surface area contributed by atoms with Crippen LogP contribution in [0.25, 0.3) is 0 Å². The molecule has 2 nitrogen and oxygen atoms in total. The minimum absolute atomic E-state index is 0.680. The summed E-state index contributed by atoms with van der Waals surface area (Å²) >= 11 is 0. The first-order valence-corrected chi connectivity index (χ1v) is 5.22. The van der Waals surface area contributed by atoms with Gasteiger partial charge in [-0.1, -0.05) is 0 Å². The summed E-state index contributed by atoms with van der Waals surface area (Å²) in [4.78, 5) is 2.64. The molecule has 0 radical (unpaired) electrons. The predicted octanol–water partition coefficient (Wildman–Crippen LogP) is 1.08. The number of nitrogens with zero attached hydrogens (tertiary/aromatic N) is 1. The second-order valence-electron chi connectivity index (χ2n) is 4.51. The zero-order valence-corrected chi connectivity index (χ0v) is 8.10. The van der Waals surface area contributed by atoms with Crippen molar-refractivity contribution in [2.45, 2.75) is 25.7 Å². The minimum Gasteiger partial charge on any atom is -0.319 e. The number of nitrogens with one attached hydrogen (secondary N) is 1. The van der Waals surface area contributed by atoms with Crippen molar-refractivity contribution >= 4 is 0 Å². The lowest BCUT2D eigenvalue weighted by Gasteiger charge is -2.22. The summed E-state index contributed by atoms with van der Waals surface area (Å²) in [6.45, 7) is 5.29. The maximum Gasteiger partial charge on any atom is 0.00501 e. The van der Waals surface area contributed by atoms with E-state index in [1.807, 2.05) is 0 Å². The van der Waals surface area contributed by atoms with E-state index in [9.17, 15) is 0 Å². The Kier molecular flexibility index (Phi) is 2.37. The highest BCUT2D eigenvalue weighted by Crippen LogP contribution is 2.45. The molecule has 1 aliphatic carbocycles. The molecule has 70 valence electrons. The van der Waals surface area contributed by atoms with Gasteiger partial charge in [-0.25, -0.2) is 0 Å². The maximum atomic E-state index is 3.32. The van der Waals surface area contributed by atoms with Crippen molar-refractivity contribution in [1.29, 1.82) is 0 Å². The van der Waals surface area contributed by atoms with Gasteiger partial charge in [-0.3, -0.25) is 0 Å². The van der Waals surface area contributed by atoms with Gasteiger partial charge < -0.3 is 10.2 Å². The quantitative estimate of drug-likeness (QED) is 0.676. The smallest absolute Gasteiger partial charge is 0.00501 e. The van der Waals surface area contributed by atoms with Gasteiger partial charge in [0, 0.05) is 13.1 Å². The van der Waals surface area contributed by atoms with Crippen LogP contribution in [0.15, 0.2) is 0 Å². The molecule has 1 N–H and O–H groups in total. The van der Waals surface area contributed by atoms with Crippen molar-refractivity contribution in [2.75, 3.05) is 33.2 Å². The molecule has 0 unspecified atom stereocenters. The van der Waals surface area contributed by atoms with Crippen LogP contribution in [0.1, 0.15) is 25.7 Å². The van der Waals surface area contributed by atoms with E-state index in [1.54, 1.807) is 0 Å². The summed E-state index contributed by atoms with van der Waals surface area (Å²) in [6, 6.07) is 0. The standard InChI is InChI=1S/C10H20N2/c1-11-8-10(4-5-10)9-12-6-2-3-7-12/h11H,2-9H2,1H3. The van der Waals surface area contributed by atoms with Crippen molar-refractivity contribution in [1.82, 2.24) is 10.2 Å². The number of likely N-dealkylation sites (tertiary alicyclic amines) is 1. The van der Waals surface area contributed by atoms with Gasteiger partial charge in [0.25, 0.3) is 0 Å². The summed E-state index contributed by atoms with van der Waals surface area (Å²) < 4.78 is 0. The summed E-state index contributed by atoms with van der Waals surface area (Å²) in [6.07, 6.45) is 5.75.